The Kier molecular flexibility index (Phi) is 5.82. The molecule has 1 atom stereocenters. The van der Waals surface area contributed by atoms with E-state index in [2.05, 4.69) is 22.5 Å². The van der Waals surface area contributed by atoms with Crippen molar-refractivity contribution in [1.29, 1.82) is 0 Å². The van der Waals surface area contributed by atoms with E-state index in [-0.39, 0.29) is 5.91 Å². The van der Waals surface area contributed by atoms with E-state index in [0.29, 0.717) is 5.75 Å². The van der Waals surface area contributed by atoms with Gasteiger partial charge in [-0.2, -0.15) is 0 Å². The maximum atomic E-state index is 12.4. The van der Waals surface area contributed by atoms with Gasteiger partial charge in [-0.15, -0.1) is 0 Å². The Labute approximate surface area is 134 Å². The van der Waals surface area contributed by atoms with Crippen molar-refractivity contribution in [2.45, 2.75) is 13.0 Å². The van der Waals surface area contributed by atoms with Crippen molar-refractivity contribution in [1.82, 2.24) is 4.90 Å². The van der Waals surface area contributed by atoms with Crippen molar-refractivity contribution >= 4 is 21.8 Å². The van der Waals surface area contributed by atoms with Crippen LogP contribution < -0.4 is 9.64 Å². The Morgan fingerprint density at radius 1 is 1.48 bits per heavy atom. The van der Waals surface area contributed by atoms with Gasteiger partial charge in [-0.25, -0.2) is 0 Å². The van der Waals surface area contributed by atoms with Crippen molar-refractivity contribution in [2.24, 2.45) is 0 Å². The number of benzene rings is 1. The lowest BCUT2D eigenvalue weighted by Crippen LogP contribution is -3.14. The standard InChI is InChI=1S/C16H21BrN2O2/c1-3-8-18-9-11-19(12-10-18)16(20)13(2)21-15-7-5-4-6-14(15)17/h3-7,13H,1,8-12H2,2H3/p+1/t13-/m1/s1. The van der Waals surface area contributed by atoms with Crippen LogP contribution in [0.15, 0.2) is 41.4 Å². The van der Waals surface area contributed by atoms with Gasteiger partial charge in [-0.1, -0.05) is 18.7 Å². The molecule has 0 unspecified atom stereocenters. The van der Waals surface area contributed by atoms with Crippen LogP contribution in [-0.2, 0) is 4.79 Å². The number of nitrogens with one attached hydrogen (secondary N) is 1. The zero-order valence-corrected chi connectivity index (χ0v) is 13.9. The van der Waals surface area contributed by atoms with Gasteiger partial charge in [0.05, 0.1) is 37.2 Å². The molecule has 1 aromatic carbocycles. The molecule has 0 saturated carbocycles. The Balaban J connectivity index is 1.88. The molecule has 1 saturated heterocycles. The summed E-state index contributed by atoms with van der Waals surface area (Å²) in [5, 5.41) is 0. The number of ether oxygens (including phenoxy) is 1. The van der Waals surface area contributed by atoms with Gasteiger partial charge in [-0.05, 0) is 41.1 Å². The zero-order chi connectivity index (χ0) is 15.2. The third kappa shape index (κ3) is 4.32. The summed E-state index contributed by atoms with van der Waals surface area (Å²) >= 11 is 3.43. The van der Waals surface area contributed by atoms with Gasteiger partial charge in [0, 0.05) is 0 Å². The van der Waals surface area contributed by atoms with Crippen molar-refractivity contribution in [3.05, 3.63) is 41.4 Å². The van der Waals surface area contributed by atoms with E-state index in [9.17, 15) is 4.79 Å². The van der Waals surface area contributed by atoms with E-state index >= 15 is 0 Å². The molecule has 1 aromatic rings. The highest BCUT2D eigenvalue weighted by atomic mass is 79.9. The molecule has 0 aromatic heterocycles. The number of hydrogen-bond donors (Lipinski definition) is 1. The number of amides is 1. The molecule has 0 bridgehead atoms. The Morgan fingerprint density at radius 2 is 2.14 bits per heavy atom. The highest BCUT2D eigenvalue weighted by Gasteiger charge is 2.27. The summed E-state index contributed by atoms with van der Waals surface area (Å²) in [7, 11) is 0. The molecule has 1 aliphatic rings. The second kappa shape index (κ2) is 7.61. The lowest BCUT2D eigenvalue weighted by Gasteiger charge is -2.33. The van der Waals surface area contributed by atoms with Gasteiger partial charge in [0.15, 0.2) is 6.10 Å². The second-order valence-electron chi connectivity index (χ2n) is 5.26. The summed E-state index contributed by atoms with van der Waals surface area (Å²) < 4.78 is 6.64. The molecule has 1 N–H and O–H groups in total. The summed E-state index contributed by atoms with van der Waals surface area (Å²) in [4.78, 5) is 15.8. The van der Waals surface area contributed by atoms with Gasteiger partial charge < -0.3 is 14.5 Å². The van der Waals surface area contributed by atoms with Crippen molar-refractivity contribution in [3.8, 4) is 5.75 Å². The third-order valence-electron chi connectivity index (χ3n) is 3.70. The summed E-state index contributed by atoms with van der Waals surface area (Å²) in [6.07, 6.45) is 1.47. The number of hydrogen-bond acceptors (Lipinski definition) is 2. The Bertz CT molecular complexity index is 499. The Morgan fingerprint density at radius 3 is 2.76 bits per heavy atom. The fourth-order valence-electron chi connectivity index (χ4n) is 2.49. The van der Waals surface area contributed by atoms with Gasteiger partial charge in [0.1, 0.15) is 5.75 Å². The first kappa shape index (κ1) is 16.0. The number of quaternary nitrogens is 1. The van der Waals surface area contributed by atoms with E-state index in [0.717, 1.165) is 37.2 Å². The fraction of sp³-hybridized carbons (Fsp3) is 0.438. The quantitative estimate of drug-likeness (QED) is 0.805. The van der Waals surface area contributed by atoms with Gasteiger partial charge in [0.2, 0.25) is 0 Å². The Hall–Kier alpha value is -1.33. The lowest BCUT2D eigenvalue weighted by atomic mass is 10.2. The minimum Gasteiger partial charge on any atom is -0.480 e. The smallest absolute Gasteiger partial charge is 0.263 e. The molecule has 0 radical (unpaired) electrons. The molecule has 4 nitrogen and oxygen atoms in total. The van der Waals surface area contributed by atoms with Crippen LogP contribution in [0.1, 0.15) is 6.92 Å². The molecule has 1 amide bonds. The summed E-state index contributed by atoms with van der Waals surface area (Å²) in [6.45, 7) is 10.1. The molecule has 1 aliphatic heterocycles. The van der Waals surface area contributed by atoms with E-state index < -0.39 is 6.10 Å². The summed E-state index contributed by atoms with van der Waals surface area (Å²) in [6, 6.07) is 7.59. The number of para-hydroxylation sites is 1. The monoisotopic (exact) mass is 353 g/mol. The molecular formula is C16H22BrN2O2+. The SMILES string of the molecule is C=CC[NH+]1CCN(C(=O)[C@@H](C)Oc2ccccc2Br)CC1. The van der Waals surface area contributed by atoms with E-state index in [1.807, 2.05) is 42.2 Å². The van der Waals surface area contributed by atoms with Crippen LogP contribution in [0.4, 0.5) is 0 Å². The highest BCUT2D eigenvalue weighted by Crippen LogP contribution is 2.25. The van der Waals surface area contributed by atoms with E-state index in [1.54, 1.807) is 0 Å². The van der Waals surface area contributed by atoms with Crippen molar-refractivity contribution in [2.75, 3.05) is 32.7 Å². The largest absolute Gasteiger partial charge is 0.480 e. The second-order valence-corrected chi connectivity index (χ2v) is 6.11. The van der Waals surface area contributed by atoms with Gasteiger partial charge in [-0.3, -0.25) is 4.79 Å². The molecule has 0 aliphatic carbocycles. The first-order chi connectivity index (χ1) is 10.1. The average Bonchev–Trinajstić information content (AvgIpc) is 2.50. The number of carbonyl (C=O) groups excluding carboxylic acids is 1. The summed E-state index contributed by atoms with van der Waals surface area (Å²) in [5.41, 5.74) is 0. The fourth-order valence-corrected chi connectivity index (χ4v) is 2.87. The van der Waals surface area contributed by atoms with Crippen LogP contribution in [0.5, 0.6) is 5.75 Å². The van der Waals surface area contributed by atoms with E-state index in [4.69, 9.17) is 4.74 Å². The maximum absolute atomic E-state index is 12.4. The number of carbonyl (C=O) groups is 1. The van der Waals surface area contributed by atoms with Crippen LogP contribution in [0.25, 0.3) is 0 Å². The van der Waals surface area contributed by atoms with Crippen LogP contribution in [0, 0.1) is 0 Å². The molecule has 2 rings (SSSR count). The van der Waals surface area contributed by atoms with E-state index in [1.165, 1.54) is 4.90 Å². The molecule has 0 spiro atoms. The maximum Gasteiger partial charge on any atom is 0.263 e. The third-order valence-corrected chi connectivity index (χ3v) is 4.36. The van der Waals surface area contributed by atoms with Gasteiger partial charge >= 0.3 is 0 Å². The topological polar surface area (TPSA) is 34.0 Å². The predicted molar refractivity (Wildman–Crippen MR) is 86.6 cm³/mol. The van der Waals surface area contributed by atoms with Crippen LogP contribution in [0.2, 0.25) is 0 Å². The van der Waals surface area contributed by atoms with Crippen LogP contribution in [-0.4, -0.2) is 49.6 Å². The normalized spacial score (nSPS) is 17.3. The molecule has 5 heteroatoms. The number of piperazine rings is 1. The molecule has 1 fully saturated rings. The number of rotatable bonds is 5. The molecule has 1 heterocycles. The van der Waals surface area contributed by atoms with Crippen LogP contribution >= 0.6 is 15.9 Å². The van der Waals surface area contributed by atoms with Crippen molar-refractivity contribution in [3.63, 3.8) is 0 Å². The number of nitrogens with zero attached hydrogens (tertiary/aromatic N) is 1. The van der Waals surface area contributed by atoms with Crippen molar-refractivity contribution < 1.29 is 14.4 Å². The molecule has 114 valence electrons. The lowest BCUT2D eigenvalue weighted by molar-refractivity contribution is -0.898. The minimum absolute atomic E-state index is 0.0587. The zero-order valence-electron chi connectivity index (χ0n) is 12.3. The first-order valence-electron chi connectivity index (χ1n) is 7.26. The van der Waals surface area contributed by atoms with Gasteiger partial charge in [0.25, 0.3) is 5.91 Å². The predicted octanol–water partition coefficient (Wildman–Crippen LogP) is 1.13. The first-order valence-corrected chi connectivity index (χ1v) is 8.05. The summed E-state index contributed by atoms with van der Waals surface area (Å²) in [5.74, 6) is 0.762. The molecular weight excluding hydrogens is 332 g/mol. The molecule has 21 heavy (non-hydrogen) atoms. The van der Waals surface area contributed by atoms with Crippen LogP contribution in [0.3, 0.4) is 0 Å². The highest BCUT2D eigenvalue weighted by molar-refractivity contribution is 9.10. The number of halogens is 1. The minimum atomic E-state index is -0.468. The average molecular weight is 354 g/mol.